The number of carbonyl (C=O) groups excluding carboxylic acids is 2. The molecule has 36 heavy (non-hydrogen) atoms. The maximum absolute atomic E-state index is 13.2. The topological polar surface area (TPSA) is 109 Å². The number of ether oxygens (including phenoxy) is 1. The number of piperazine rings is 1. The molecule has 0 unspecified atom stereocenters. The number of likely N-dealkylation sites (N-methyl/N-ethyl adjacent to an activating group) is 2. The van der Waals surface area contributed by atoms with E-state index in [2.05, 4.69) is 21.8 Å². The zero-order valence-electron chi connectivity index (χ0n) is 20.3. The summed E-state index contributed by atoms with van der Waals surface area (Å²) in [4.78, 5) is 47.2. The number of amides is 1. The van der Waals surface area contributed by atoms with Crippen LogP contribution in [-0.2, 0) is 9.53 Å². The number of amidine groups is 1. The van der Waals surface area contributed by atoms with E-state index >= 15 is 0 Å². The van der Waals surface area contributed by atoms with Crippen LogP contribution in [0.15, 0.2) is 52.4 Å². The van der Waals surface area contributed by atoms with Crippen LogP contribution in [0.1, 0.15) is 22.8 Å². The van der Waals surface area contributed by atoms with E-state index in [-0.39, 0.29) is 11.6 Å². The molecule has 2 aromatic rings. The van der Waals surface area contributed by atoms with E-state index in [1.165, 1.54) is 31.0 Å². The summed E-state index contributed by atoms with van der Waals surface area (Å²) in [5.41, 5.74) is 2.32. The van der Waals surface area contributed by atoms with Crippen molar-refractivity contribution in [2.75, 3.05) is 51.8 Å². The normalized spacial score (nSPS) is 18.8. The number of nitro groups is 1. The van der Waals surface area contributed by atoms with Gasteiger partial charge in [0.25, 0.3) is 11.6 Å². The number of methoxy groups -OCH3 is 1. The van der Waals surface area contributed by atoms with Gasteiger partial charge in [-0.2, -0.15) is 0 Å². The van der Waals surface area contributed by atoms with Crippen molar-refractivity contribution >= 4 is 51.9 Å². The second-order valence-corrected chi connectivity index (χ2v) is 9.40. The van der Waals surface area contributed by atoms with Gasteiger partial charge in [0.15, 0.2) is 5.17 Å². The Bertz CT molecular complexity index is 1250. The molecule has 188 valence electrons. The number of nitrogens with zero attached hydrogens (tertiary/aromatic N) is 5. The molecule has 2 aliphatic rings. The van der Waals surface area contributed by atoms with Crippen LogP contribution in [0.2, 0.25) is 0 Å². The highest BCUT2D eigenvalue weighted by Crippen LogP contribution is 2.37. The minimum atomic E-state index is -0.470. The second kappa shape index (κ2) is 10.9. The summed E-state index contributed by atoms with van der Waals surface area (Å²) in [5.74, 6) is -0.691. The molecule has 0 saturated carbocycles. The van der Waals surface area contributed by atoms with Crippen LogP contribution in [0, 0.1) is 10.1 Å². The molecule has 10 nitrogen and oxygen atoms in total. The van der Waals surface area contributed by atoms with Gasteiger partial charge in [-0.25, -0.2) is 9.79 Å². The first-order chi connectivity index (χ1) is 17.3. The van der Waals surface area contributed by atoms with E-state index in [1.54, 1.807) is 41.3 Å². The van der Waals surface area contributed by atoms with Gasteiger partial charge in [0, 0.05) is 56.1 Å². The number of anilines is 1. The lowest BCUT2D eigenvalue weighted by atomic mass is 10.1. The molecule has 0 radical (unpaired) electrons. The van der Waals surface area contributed by atoms with Crippen molar-refractivity contribution in [3.8, 4) is 0 Å². The predicted octanol–water partition coefficient (Wildman–Crippen LogP) is 3.76. The Morgan fingerprint density at radius 3 is 2.61 bits per heavy atom. The Morgan fingerprint density at radius 2 is 1.94 bits per heavy atom. The van der Waals surface area contributed by atoms with Crippen LogP contribution in [0.4, 0.5) is 17.1 Å². The summed E-state index contributed by atoms with van der Waals surface area (Å²) in [6, 6.07) is 11.4. The van der Waals surface area contributed by atoms with E-state index in [9.17, 15) is 19.7 Å². The zero-order chi connectivity index (χ0) is 25.8. The van der Waals surface area contributed by atoms with Crippen molar-refractivity contribution in [1.29, 1.82) is 0 Å². The summed E-state index contributed by atoms with van der Waals surface area (Å²) >= 11 is 1.21. The maximum atomic E-state index is 13.2. The molecule has 2 fully saturated rings. The smallest absolute Gasteiger partial charge is 0.337 e. The molecule has 2 aliphatic heterocycles. The molecule has 2 aromatic carbocycles. The van der Waals surface area contributed by atoms with Crippen molar-refractivity contribution in [1.82, 2.24) is 9.80 Å². The number of thioether (sulfide) groups is 1. The third kappa shape index (κ3) is 5.42. The molecule has 0 aliphatic carbocycles. The largest absolute Gasteiger partial charge is 0.465 e. The fourth-order valence-electron chi connectivity index (χ4n) is 4.05. The third-order valence-electron chi connectivity index (χ3n) is 6.05. The fourth-order valence-corrected chi connectivity index (χ4v) is 5.10. The molecular formula is C25H27N5O5S. The first-order valence-electron chi connectivity index (χ1n) is 11.5. The van der Waals surface area contributed by atoms with Crippen LogP contribution < -0.4 is 4.90 Å². The van der Waals surface area contributed by atoms with Crippen LogP contribution in [-0.4, -0.2) is 78.6 Å². The Morgan fingerprint density at radius 1 is 1.19 bits per heavy atom. The van der Waals surface area contributed by atoms with Gasteiger partial charge < -0.3 is 14.5 Å². The molecule has 0 bridgehead atoms. The number of esters is 1. The minimum absolute atomic E-state index is 0.0314. The van der Waals surface area contributed by atoms with Gasteiger partial charge in [-0.15, -0.1) is 0 Å². The van der Waals surface area contributed by atoms with Crippen molar-refractivity contribution in [2.45, 2.75) is 6.92 Å². The van der Waals surface area contributed by atoms with E-state index < -0.39 is 10.9 Å². The van der Waals surface area contributed by atoms with Crippen LogP contribution in [0.3, 0.4) is 0 Å². The number of hydrogen-bond donors (Lipinski definition) is 0. The van der Waals surface area contributed by atoms with Crippen molar-refractivity contribution in [3.63, 3.8) is 0 Å². The Kier molecular flexibility index (Phi) is 7.70. The summed E-state index contributed by atoms with van der Waals surface area (Å²) in [7, 11) is 3.37. The Balaban J connectivity index is 1.70. The van der Waals surface area contributed by atoms with E-state index in [1.807, 2.05) is 6.92 Å². The van der Waals surface area contributed by atoms with E-state index in [0.29, 0.717) is 33.4 Å². The van der Waals surface area contributed by atoms with Gasteiger partial charge in [-0.05, 0) is 56.1 Å². The van der Waals surface area contributed by atoms with Crippen LogP contribution in [0.25, 0.3) is 6.08 Å². The quantitative estimate of drug-likeness (QED) is 0.251. The van der Waals surface area contributed by atoms with Crippen molar-refractivity contribution in [3.05, 3.63) is 68.6 Å². The lowest BCUT2D eigenvalue weighted by Gasteiger charge is -2.34. The number of rotatable bonds is 6. The minimum Gasteiger partial charge on any atom is -0.465 e. The van der Waals surface area contributed by atoms with Gasteiger partial charge in [-0.3, -0.25) is 19.8 Å². The third-order valence-corrected chi connectivity index (χ3v) is 7.06. The summed E-state index contributed by atoms with van der Waals surface area (Å²) in [6.07, 6.45) is 1.71. The zero-order valence-corrected chi connectivity index (χ0v) is 21.2. The lowest BCUT2D eigenvalue weighted by Crippen LogP contribution is -2.44. The molecule has 0 atom stereocenters. The van der Waals surface area contributed by atoms with Crippen molar-refractivity contribution < 1.29 is 19.2 Å². The van der Waals surface area contributed by atoms with Gasteiger partial charge in [0.1, 0.15) is 0 Å². The number of benzene rings is 2. The predicted molar refractivity (Wildman–Crippen MR) is 141 cm³/mol. The van der Waals surface area contributed by atoms with E-state index in [0.717, 1.165) is 31.9 Å². The summed E-state index contributed by atoms with van der Waals surface area (Å²) in [5, 5.41) is 11.9. The number of hydrogen-bond acceptors (Lipinski definition) is 9. The molecule has 0 aromatic heterocycles. The standard InChI is InChI=1S/C25H27N5O5S/c1-4-29-23(31)22(36-25(29)26-19-7-5-6-17(14-19)24(32)35-3)16-18-15-20(30(33)34)8-9-21(18)28-12-10-27(2)11-13-28/h5-9,14-16H,4,10-13H2,1-3H3. The fraction of sp³-hybridized carbons (Fsp3) is 0.320. The summed E-state index contributed by atoms with van der Waals surface area (Å²) in [6.45, 7) is 5.59. The average Bonchev–Trinajstić information content (AvgIpc) is 3.17. The van der Waals surface area contributed by atoms with Gasteiger partial charge >= 0.3 is 5.97 Å². The highest BCUT2D eigenvalue weighted by Gasteiger charge is 2.33. The van der Waals surface area contributed by atoms with Crippen molar-refractivity contribution in [2.24, 2.45) is 4.99 Å². The Labute approximate surface area is 213 Å². The lowest BCUT2D eigenvalue weighted by molar-refractivity contribution is -0.384. The SMILES string of the molecule is CCN1C(=O)C(=Cc2cc([N+](=O)[O-])ccc2N2CCN(C)CC2)SC1=Nc1cccc(C(=O)OC)c1. The molecule has 2 saturated heterocycles. The van der Waals surface area contributed by atoms with Gasteiger partial charge in [0.05, 0.1) is 28.2 Å². The van der Waals surface area contributed by atoms with Crippen LogP contribution in [0.5, 0.6) is 0 Å². The highest BCUT2D eigenvalue weighted by atomic mass is 32.2. The summed E-state index contributed by atoms with van der Waals surface area (Å²) < 4.78 is 4.78. The molecule has 0 spiro atoms. The molecular weight excluding hydrogens is 482 g/mol. The highest BCUT2D eigenvalue weighted by molar-refractivity contribution is 8.18. The van der Waals surface area contributed by atoms with Crippen LogP contribution >= 0.6 is 11.8 Å². The maximum Gasteiger partial charge on any atom is 0.337 e. The monoisotopic (exact) mass is 509 g/mol. The van der Waals surface area contributed by atoms with Gasteiger partial charge in [0.2, 0.25) is 0 Å². The number of aliphatic imine (C=N–C) groups is 1. The first-order valence-corrected chi connectivity index (χ1v) is 12.3. The molecule has 0 N–H and O–H groups in total. The molecule has 11 heteroatoms. The Hall–Kier alpha value is -3.70. The second-order valence-electron chi connectivity index (χ2n) is 8.39. The molecule has 2 heterocycles. The van der Waals surface area contributed by atoms with E-state index in [4.69, 9.17) is 4.74 Å². The van der Waals surface area contributed by atoms with Gasteiger partial charge in [-0.1, -0.05) is 6.07 Å². The molecule has 1 amide bonds. The number of nitro benzene ring substituents is 1. The average molecular weight is 510 g/mol. The molecule has 4 rings (SSSR count). The first kappa shape index (κ1) is 25.4. The number of non-ortho nitro benzene ring substituents is 1. The number of carbonyl (C=O) groups is 2.